The molecule has 1 heterocycles. The first kappa shape index (κ1) is 17.3. The van der Waals surface area contributed by atoms with Gasteiger partial charge in [-0.25, -0.2) is 0 Å². The van der Waals surface area contributed by atoms with E-state index in [1.54, 1.807) is 29.2 Å². The lowest BCUT2D eigenvalue weighted by Crippen LogP contribution is -2.50. The Bertz CT molecular complexity index is 741. The van der Waals surface area contributed by atoms with Gasteiger partial charge in [0.1, 0.15) is 12.0 Å². The molecule has 1 fully saturated rings. The van der Waals surface area contributed by atoms with Gasteiger partial charge in [-0.3, -0.25) is 9.59 Å². The minimum Gasteiger partial charge on any atom is -0.484 e. The van der Waals surface area contributed by atoms with Crippen LogP contribution >= 0.6 is 11.6 Å². The molecule has 2 aromatic carbocycles. The molecule has 1 aliphatic heterocycles. The van der Waals surface area contributed by atoms with E-state index in [0.29, 0.717) is 29.4 Å². The molecule has 6 heteroatoms. The Morgan fingerprint density at radius 2 is 1.80 bits per heavy atom. The zero-order chi connectivity index (χ0) is 17.6. The lowest BCUT2D eigenvalue weighted by molar-refractivity contribution is -0.133. The van der Waals surface area contributed by atoms with E-state index in [4.69, 9.17) is 16.3 Å². The molecule has 0 saturated carbocycles. The van der Waals surface area contributed by atoms with Gasteiger partial charge in [0, 0.05) is 42.5 Å². The van der Waals surface area contributed by atoms with Gasteiger partial charge >= 0.3 is 0 Å². The lowest BCUT2D eigenvalue weighted by atomic mass is 10.2. The molecule has 0 radical (unpaired) electrons. The first-order valence-electron chi connectivity index (χ1n) is 8.12. The molecule has 0 bridgehead atoms. The summed E-state index contributed by atoms with van der Waals surface area (Å²) in [5, 5.41) is 0.713. The average Bonchev–Trinajstić information content (AvgIpc) is 2.66. The summed E-state index contributed by atoms with van der Waals surface area (Å²) in [7, 11) is 0. The standard InChI is InChI=1S/C19H19ClN2O3/c20-16-2-1-3-17(12-16)21-8-10-22(11-9-21)19(24)14-25-18-6-4-15(13-23)5-7-18/h1-7,12-13H,8-11,14H2. The molecule has 0 aromatic heterocycles. The number of hydrogen-bond donors (Lipinski definition) is 0. The van der Waals surface area contributed by atoms with E-state index in [0.717, 1.165) is 25.1 Å². The van der Waals surface area contributed by atoms with E-state index >= 15 is 0 Å². The third-order valence-corrected chi connectivity index (χ3v) is 4.42. The van der Waals surface area contributed by atoms with Crippen molar-refractivity contribution in [2.24, 2.45) is 0 Å². The fraction of sp³-hybridized carbons (Fsp3) is 0.263. The van der Waals surface area contributed by atoms with Crippen LogP contribution in [0, 0.1) is 0 Å². The van der Waals surface area contributed by atoms with Crippen LogP contribution in [0.25, 0.3) is 0 Å². The number of carbonyl (C=O) groups excluding carboxylic acids is 2. The van der Waals surface area contributed by atoms with Gasteiger partial charge in [0.05, 0.1) is 0 Å². The summed E-state index contributed by atoms with van der Waals surface area (Å²) >= 11 is 6.03. The van der Waals surface area contributed by atoms with Crippen LogP contribution in [0.4, 0.5) is 5.69 Å². The number of benzene rings is 2. The van der Waals surface area contributed by atoms with Crippen molar-refractivity contribution >= 4 is 29.5 Å². The zero-order valence-corrected chi connectivity index (χ0v) is 14.5. The quantitative estimate of drug-likeness (QED) is 0.771. The van der Waals surface area contributed by atoms with Crippen LogP contribution in [-0.4, -0.2) is 49.9 Å². The Balaban J connectivity index is 1.48. The molecule has 1 amide bonds. The van der Waals surface area contributed by atoms with Gasteiger partial charge in [-0.1, -0.05) is 17.7 Å². The van der Waals surface area contributed by atoms with Crippen molar-refractivity contribution in [2.45, 2.75) is 0 Å². The van der Waals surface area contributed by atoms with E-state index in [9.17, 15) is 9.59 Å². The second-order valence-corrected chi connectivity index (χ2v) is 6.26. The zero-order valence-electron chi connectivity index (χ0n) is 13.7. The second kappa shape index (κ2) is 8.03. The highest BCUT2D eigenvalue weighted by molar-refractivity contribution is 6.30. The first-order chi connectivity index (χ1) is 12.2. The Hall–Kier alpha value is -2.53. The van der Waals surface area contributed by atoms with Crippen molar-refractivity contribution in [3.05, 3.63) is 59.1 Å². The maximum absolute atomic E-state index is 12.3. The molecule has 130 valence electrons. The molecule has 1 saturated heterocycles. The highest BCUT2D eigenvalue weighted by atomic mass is 35.5. The van der Waals surface area contributed by atoms with Crippen LogP contribution < -0.4 is 9.64 Å². The molecule has 1 aliphatic rings. The summed E-state index contributed by atoms with van der Waals surface area (Å²) in [4.78, 5) is 26.9. The van der Waals surface area contributed by atoms with E-state index in [2.05, 4.69) is 4.90 Å². The van der Waals surface area contributed by atoms with Gasteiger partial charge in [-0.05, 0) is 42.5 Å². The fourth-order valence-electron chi connectivity index (χ4n) is 2.77. The van der Waals surface area contributed by atoms with Crippen LogP contribution in [-0.2, 0) is 4.79 Å². The summed E-state index contributed by atoms with van der Waals surface area (Å²) in [5.41, 5.74) is 1.65. The molecule has 0 spiro atoms. The summed E-state index contributed by atoms with van der Waals surface area (Å²) < 4.78 is 5.51. The third kappa shape index (κ3) is 4.51. The van der Waals surface area contributed by atoms with Crippen LogP contribution in [0.1, 0.15) is 10.4 Å². The van der Waals surface area contributed by atoms with Gasteiger partial charge in [-0.2, -0.15) is 0 Å². The number of hydrogen-bond acceptors (Lipinski definition) is 4. The van der Waals surface area contributed by atoms with Crippen LogP contribution in [0.5, 0.6) is 5.75 Å². The lowest BCUT2D eigenvalue weighted by Gasteiger charge is -2.36. The Labute approximate surface area is 151 Å². The monoisotopic (exact) mass is 358 g/mol. The SMILES string of the molecule is O=Cc1ccc(OCC(=O)N2CCN(c3cccc(Cl)c3)CC2)cc1. The second-order valence-electron chi connectivity index (χ2n) is 5.82. The van der Waals surface area contributed by atoms with Crippen LogP contribution in [0.3, 0.4) is 0 Å². The van der Waals surface area contributed by atoms with Crippen molar-refractivity contribution < 1.29 is 14.3 Å². The Morgan fingerprint density at radius 3 is 2.44 bits per heavy atom. The minimum absolute atomic E-state index is 0.00238. The third-order valence-electron chi connectivity index (χ3n) is 4.18. The number of halogens is 1. The van der Waals surface area contributed by atoms with E-state index in [1.807, 2.05) is 24.3 Å². The normalized spacial score (nSPS) is 14.3. The largest absolute Gasteiger partial charge is 0.484 e. The number of carbonyl (C=O) groups is 2. The number of aldehydes is 1. The molecule has 3 rings (SSSR count). The number of anilines is 1. The van der Waals surface area contributed by atoms with Gasteiger partial charge in [0.25, 0.3) is 5.91 Å². The number of nitrogens with zero attached hydrogens (tertiary/aromatic N) is 2. The van der Waals surface area contributed by atoms with Crippen molar-refractivity contribution in [2.75, 3.05) is 37.7 Å². The predicted molar refractivity (Wildman–Crippen MR) is 97.6 cm³/mol. The smallest absolute Gasteiger partial charge is 0.260 e. The summed E-state index contributed by atoms with van der Waals surface area (Å²) in [6.45, 7) is 2.83. The van der Waals surface area contributed by atoms with Gasteiger partial charge in [-0.15, -0.1) is 0 Å². The number of amides is 1. The molecule has 0 atom stereocenters. The van der Waals surface area contributed by atoms with E-state index < -0.39 is 0 Å². The molecular weight excluding hydrogens is 340 g/mol. The maximum Gasteiger partial charge on any atom is 0.260 e. The van der Waals surface area contributed by atoms with E-state index in [1.165, 1.54) is 0 Å². The fourth-order valence-corrected chi connectivity index (χ4v) is 2.95. The molecule has 5 nitrogen and oxygen atoms in total. The summed E-state index contributed by atoms with van der Waals surface area (Å²) in [6, 6.07) is 14.4. The minimum atomic E-state index is -0.0368. The van der Waals surface area contributed by atoms with Crippen LogP contribution in [0.2, 0.25) is 5.02 Å². The molecular formula is C19H19ClN2O3. The Kier molecular flexibility index (Phi) is 5.56. The molecule has 0 unspecified atom stereocenters. The maximum atomic E-state index is 12.3. The number of piperazine rings is 1. The highest BCUT2D eigenvalue weighted by Crippen LogP contribution is 2.21. The van der Waals surface area contributed by atoms with Crippen molar-refractivity contribution in [1.29, 1.82) is 0 Å². The van der Waals surface area contributed by atoms with Gasteiger partial charge < -0.3 is 14.5 Å². The Morgan fingerprint density at radius 1 is 1.08 bits per heavy atom. The molecule has 0 aliphatic carbocycles. The van der Waals surface area contributed by atoms with Gasteiger partial charge in [0.2, 0.25) is 0 Å². The molecule has 2 aromatic rings. The van der Waals surface area contributed by atoms with Crippen molar-refractivity contribution in [1.82, 2.24) is 4.90 Å². The van der Waals surface area contributed by atoms with Crippen molar-refractivity contribution in [3.8, 4) is 5.75 Å². The van der Waals surface area contributed by atoms with E-state index in [-0.39, 0.29) is 12.5 Å². The molecule has 0 N–H and O–H groups in total. The predicted octanol–water partition coefficient (Wildman–Crippen LogP) is 2.88. The number of rotatable bonds is 5. The summed E-state index contributed by atoms with van der Waals surface area (Å²) in [5.74, 6) is 0.543. The van der Waals surface area contributed by atoms with Crippen molar-refractivity contribution in [3.63, 3.8) is 0 Å². The number of ether oxygens (including phenoxy) is 1. The highest BCUT2D eigenvalue weighted by Gasteiger charge is 2.21. The van der Waals surface area contributed by atoms with Gasteiger partial charge in [0.15, 0.2) is 6.61 Å². The molecule has 25 heavy (non-hydrogen) atoms. The first-order valence-corrected chi connectivity index (χ1v) is 8.50. The summed E-state index contributed by atoms with van der Waals surface area (Å²) in [6.07, 6.45) is 0.772. The topological polar surface area (TPSA) is 49.9 Å². The van der Waals surface area contributed by atoms with Crippen LogP contribution in [0.15, 0.2) is 48.5 Å². The average molecular weight is 359 g/mol.